The number of nitrogens with zero attached hydrogens (tertiary/aromatic N) is 2. The van der Waals surface area contributed by atoms with E-state index in [9.17, 15) is 24.3 Å². The lowest BCUT2D eigenvalue weighted by Gasteiger charge is -2.36. The fourth-order valence-electron chi connectivity index (χ4n) is 5.45. The van der Waals surface area contributed by atoms with E-state index in [0.29, 0.717) is 50.4 Å². The highest BCUT2D eigenvalue weighted by Crippen LogP contribution is 2.26. The molecule has 2 fully saturated rings. The number of carbonyl (C=O) groups excluding carboxylic acids is 3. The Morgan fingerprint density at radius 1 is 1.03 bits per heavy atom. The number of piperidine rings is 2. The summed E-state index contributed by atoms with van der Waals surface area (Å²) in [6.07, 6.45) is 6.63. The maximum absolute atomic E-state index is 13.2. The van der Waals surface area contributed by atoms with Crippen molar-refractivity contribution in [3.63, 3.8) is 0 Å². The number of likely N-dealkylation sites (tertiary alicyclic amines) is 2. The minimum atomic E-state index is -1.05. The minimum absolute atomic E-state index is 0.122. The van der Waals surface area contributed by atoms with Gasteiger partial charge in [-0.3, -0.25) is 14.5 Å². The van der Waals surface area contributed by atoms with Crippen LogP contribution in [0.2, 0.25) is 0 Å². The number of rotatable bonds is 11. The number of ketones is 1. The minimum Gasteiger partial charge on any atom is -0.480 e. The van der Waals surface area contributed by atoms with Crippen LogP contribution in [0, 0.1) is 5.92 Å². The molecule has 0 spiro atoms. The molecule has 0 aromatic heterocycles. The van der Waals surface area contributed by atoms with Gasteiger partial charge in [0.2, 0.25) is 0 Å². The first-order valence-electron chi connectivity index (χ1n) is 14.4. The normalized spacial score (nSPS) is 19.8. The summed E-state index contributed by atoms with van der Waals surface area (Å²) in [6.45, 7) is 8.39. The molecule has 2 atom stereocenters. The molecule has 0 aliphatic carbocycles. The molecule has 2 heterocycles. The van der Waals surface area contributed by atoms with Gasteiger partial charge in [0, 0.05) is 25.1 Å². The molecule has 0 bridgehead atoms. The van der Waals surface area contributed by atoms with Crippen LogP contribution in [0.1, 0.15) is 88.9 Å². The van der Waals surface area contributed by atoms with E-state index in [0.717, 1.165) is 45.1 Å². The topological polar surface area (TPSA) is 116 Å². The van der Waals surface area contributed by atoms with E-state index in [-0.39, 0.29) is 17.9 Å². The number of hydrogen-bond donors (Lipinski definition) is 2. The van der Waals surface area contributed by atoms with E-state index < -0.39 is 23.5 Å². The van der Waals surface area contributed by atoms with Gasteiger partial charge >= 0.3 is 12.1 Å². The van der Waals surface area contributed by atoms with Crippen molar-refractivity contribution in [3.8, 4) is 0 Å². The second-order valence-electron chi connectivity index (χ2n) is 11.8. The van der Waals surface area contributed by atoms with Crippen molar-refractivity contribution < 1.29 is 29.0 Å². The molecule has 1 unspecified atom stereocenters. The Balaban J connectivity index is 1.42. The summed E-state index contributed by atoms with van der Waals surface area (Å²) >= 11 is 0. The Kier molecular flexibility index (Phi) is 11.3. The number of carboxylic acids is 1. The summed E-state index contributed by atoms with van der Waals surface area (Å²) in [5, 5.41) is 12.3. The summed E-state index contributed by atoms with van der Waals surface area (Å²) in [6, 6.07) is 7.50. The van der Waals surface area contributed by atoms with Crippen LogP contribution in [0.5, 0.6) is 0 Å². The van der Waals surface area contributed by atoms with Gasteiger partial charge in [-0.25, -0.2) is 9.59 Å². The van der Waals surface area contributed by atoms with Crippen LogP contribution in [0.15, 0.2) is 30.3 Å². The smallest absolute Gasteiger partial charge is 0.410 e. The molecule has 1 aromatic rings. The number of Topliss-reactive ketones (excluding diaryl/α,β-unsaturated/α-hetero) is 1. The first-order valence-corrected chi connectivity index (χ1v) is 14.4. The second kappa shape index (κ2) is 14.4. The lowest BCUT2D eigenvalue weighted by atomic mass is 9.88. The van der Waals surface area contributed by atoms with Crippen LogP contribution >= 0.6 is 0 Å². The largest absolute Gasteiger partial charge is 0.480 e. The highest BCUT2D eigenvalue weighted by Gasteiger charge is 2.31. The molecular formula is C30H45N3O6. The number of aliphatic carboxylic acids is 1. The zero-order chi connectivity index (χ0) is 28.4. The van der Waals surface area contributed by atoms with Gasteiger partial charge in [0.25, 0.3) is 5.91 Å². The molecular weight excluding hydrogens is 498 g/mol. The van der Waals surface area contributed by atoms with Crippen molar-refractivity contribution in [1.82, 2.24) is 15.1 Å². The number of carboxylic acid groups (broad SMARTS) is 1. The van der Waals surface area contributed by atoms with Crippen molar-refractivity contribution >= 4 is 23.8 Å². The van der Waals surface area contributed by atoms with Gasteiger partial charge in [-0.15, -0.1) is 0 Å². The lowest BCUT2D eigenvalue weighted by Crippen LogP contribution is -2.46. The average Bonchev–Trinajstić information content (AvgIpc) is 2.91. The van der Waals surface area contributed by atoms with Crippen LogP contribution in [-0.2, 0) is 14.3 Å². The Morgan fingerprint density at radius 3 is 2.36 bits per heavy atom. The van der Waals surface area contributed by atoms with E-state index in [2.05, 4.69) is 10.2 Å². The first kappa shape index (κ1) is 30.6. The van der Waals surface area contributed by atoms with Gasteiger partial charge in [0.1, 0.15) is 17.4 Å². The molecule has 9 heteroatoms. The number of nitrogens with one attached hydrogen (secondary N) is 1. The zero-order valence-electron chi connectivity index (χ0n) is 23.7. The van der Waals surface area contributed by atoms with Crippen molar-refractivity contribution in [3.05, 3.63) is 35.9 Å². The van der Waals surface area contributed by atoms with Crippen molar-refractivity contribution in [1.29, 1.82) is 0 Å². The summed E-state index contributed by atoms with van der Waals surface area (Å²) in [4.78, 5) is 53.7. The Bertz CT molecular complexity index is 969. The third-order valence-electron chi connectivity index (χ3n) is 7.63. The van der Waals surface area contributed by atoms with Gasteiger partial charge in [0.15, 0.2) is 0 Å². The van der Waals surface area contributed by atoms with Gasteiger partial charge in [-0.2, -0.15) is 0 Å². The SMILES string of the molecule is CC(C)(C)OC(=O)N1CCC(CCC(=O)[C@H]2CCCCN2CCCC(NC(=O)c2ccccc2)C(=O)O)CC1. The zero-order valence-corrected chi connectivity index (χ0v) is 23.7. The highest BCUT2D eigenvalue weighted by atomic mass is 16.6. The monoisotopic (exact) mass is 543 g/mol. The molecule has 2 aliphatic heterocycles. The quantitative estimate of drug-likeness (QED) is 0.422. The fraction of sp³-hybridized carbons (Fsp3) is 0.667. The molecule has 2 saturated heterocycles. The van der Waals surface area contributed by atoms with E-state index in [1.165, 1.54) is 0 Å². The maximum atomic E-state index is 13.2. The Labute approximate surface area is 232 Å². The predicted molar refractivity (Wildman–Crippen MR) is 149 cm³/mol. The molecule has 0 saturated carbocycles. The summed E-state index contributed by atoms with van der Waals surface area (Å²) in [5.41, 5.74) is -0.0717. The molecule has 2 N–H and O–H groups in total. The van der Waals surface area contributed by atoms with E-state index >= 15 is 0 Å². The van der Waals surface area contributed by atoms with E-state index in [4.69, 9.17) is 4.74 Å². The molecule has 0 radical (unpaired) electrons. The molecule has 39 heavy (non-hydrogen) atoms. The number of carbonyl (C=O) groups is 4. The van der Waals surface area contributed by atoms with Gasteiger partial charge < -0.3 is 20.1 Å². The van der Waals surface area contributed by atoms with Gasteiger partial charge in [0.05, 0.1) is 6.04 Å². The molecule has 9 nitrogen and oxygen atoms in total. The Hall–Kier alpha value is -2.94. The fourth-order valence-corrected chi connectivity index (χ4v) is 5.45. The number of ether oxygens (including phenoxy) is 1. The van der Waals surface area contributed by atoms with Crippen LogP contribution in [0.3, 0.4) is 0 Å². The maximum Gasteiger partial charge on any atom is 0.410 e. The second-order valence-corrected chi connectivity index (χ2v) is 11.8. The standard InChI is InChI=1S/C30H45N3O6/c1-30(2,3)39-29(38)33-20-16-22(17-21-33)14-15-26(34)25-13-7-8-18-32(25)19-9-12-24(28(36)37)31-27(35)23-10-5-4-6-11-23/h4-6,10-11,22,24-25H,7-9,12-21H2,1-3H3,(H,31,35)(H,36,37)/t24?,25-/m1/s1. The highest BCUT2D eigenvalue weighted by molar-refractivity contribution is 5.96. The Morgan fingerprint density at radius 2 is 1.72 bits per heavy atom. The first-order chi connectivity index (χ1) is 18.5. The predicted octanol–water partition coefficient (Wildman–Crippen LogP) is 4.50. The molecule has 2 aliphatic rings. The van der Waals surface area contributed by atoms with Crippen molar-refractivity contribution in [2.45, 2.75) is 96.2 Å². The lowest BCUT2D eigenvalue weighted by molar-refractivity contribution is -0.139. The van der Waals surface area contributed by atoms with E-state index in [1.54, 1.807) is 35.2 Å². The molecule has 2 amide bonds. The molecule has 216 valence electrons. The van der Waals surface area contributed by atoms with Crippen LogP contribution in [-0.4, -0.2) is 82.5 Å². The number of hydrogen-bond acceptors (Lipinski definition) is 6. The van der Waals surface area contributed by atoms with Gasteiger partial charge in [-0.05, 0) is 96.9 Å². The third-order valence-corrected chi connectivity index (χ3v) is 7.63. The van der Waals surface area contributed by atoms with E-state index in [1.807, 2.05) is 20.8 Å². The van der Waals surface area contributed by atoms with Crippen LogP contribution in [0.4, 0.5) is 4.79 Å². The molecule has 1 aromatic carbocycles. The van der Waals surface area contributed by atoms with Gasteiger partial charge in [-0.1, -0.05) is 24.6 Å². The third kappa shape index (κ3) is 9.95. The number of benzene rings is 1. The summed E-state index contributed by atoms with van der Waals surface area (Å²) in [7, 11) is 0. The molecule has 3 rings (SSSR count). The van der Waals surface area contributed by atoms with Crippen molar-refractivity contribution in [2.75, 3.05) is 26.2 Å². The summed E-state index contributed by atoms with van der Waals surface area (Å²) < 4.78 is 5.47. The average molecular weight is 544 g/mol. The van der Waals surface area contributed by atoms with Crippen LogP contribution < -0.4 is 5.32 Å². The summed E-state index contributed by atoms with van der Waals surface area (Å²) in [5.74, 6) is -0.764. The van der Waals surface area contributed by atoms with Crippen LogP contribution in [0.25, 0.3) is 0 Å². The number of amides is 2. The van der Waals surface area contributed by atoms with Crippen molar-refractivity contribution in [2.24, 2.45) is 5.92 Å².